The molecule has 0 N–H and O–H groups in total. The van der Waals surface area contributed by atoms with Crippen molar-refractivity contribution in [1.29, 1.82) is 0 Å². The molecule has 1 fully saturated rings. The lowest BCUT2D eigenvalue weighted by Gasteiger charge is -2.33. The molecule has 0 saturated carbocycles. The van der Waals surface area contributed by atoms with E-state index in [1.54, 1.807) is 0 Å². The summed E-state index contributed by atoms with van der Waals surface area (Å²) in [7, 11) is 4.35. The predicted molar refractivity (Wildman–Crippen MR) is 65.6 cm³/mol. The third-order valence-corrected chi connectivity index (χ3v) is 4.04. The van der Waals surface area contributed by atoms with Gasteiger partial charge in [-0.25, -0.2) is 0 Å². The third kappa shape index (κ3) is 1.98. The second-order valence-electron chi connectivity index (χ2n) is 5.36. The lowest BCUT2D eigenvalue weighted by atomic mass is 10.0. The van der Waals surface area contributed by atoms with Gasteiger partial charge in [-0.2, -0.15) is 0 Å². The van der Waals surface area contributed by atoms with E-state index in [0.717, 1.165) is 25.5 Å². The van der Waals surface area contributed by atoms with Gasteiger partial charge in [0.2, 0.25) is 0 Å². The van der Waals surface area contributed by atoms with Gasteiger partial charge in [0, 0.05) is 13.1 Å². The molecule has 1 aromatic heterocycles. The molecule has 0 aromatic carbocycles. The van der Waals surface area contributed by atoms with Crippen LogP contribution in [0.25, 0.3) is 0 Å². The standard InChI is InChI=1S/C12H21N5/c1-15-7-8-17-11(9-15)13-14-12(17)10-5-3-4-6-16(10)2/h10H,3-9H2,1-2H3/t10-/m1/s1. The van der Waals surface area contributed by atoms with Crippen LogP contribution in [-0.4, -0.2) is 51.7 Å². The number of fused-ring (bicyclic) bond motifs is 1. The lowest BCUT2D eigenvalue weighted by molar-refractivity contribution is 0.170. The summed E-state index contributed by atoms with van der Waals surface area (Å²) < 4.78 is 2.34. The van der Waals surface area contributed by atoms with Crippen molar-refractivity contribution in [1.82, 2.24) is 24.6 Å². The van der Waals surface area contributed by atoms with Crippen LogP contribution in [0, 0.1) is 0 Å². The smallest absolute Gasteiger partial charge is 0.150 e. The molecule has 2 aliphatic heterocycles. The van der Waals surface area contributed by atoms with Crippen LogP contribution < -0.4 is 0 Å². The van der Waals surface area contributed by atoms with Crippen molar-refractivity contribution in [3.8, 4) is 0 Å². The van der Waals surface area contributed by atoms with Gasteiger partial charge in [-0.3, -0.25) is 9.80 Å². The van der Waals surface area contributed by atoms with Crippen molar-refractivity contribution in [2.24, 2.45) is 0 Å². The van der Waals surface area contributed by atoms with Crippen molar-refractivity contribution in [2.75, 3.05) is 27.2 Å². The van der Waals surface area contributed by atoms with E-state index in [4.69, 9.17) is 0 Å². The molecule has 94 valence electrons. The SMILES string of the molecule is CN1CCn2c(nnc2[C@H]2CCCCN2C)C1. The molecule has 1 aromatic rings. The summed E-state index contributed by atoms with van der Waals surface area (Å²) in [6, 6.07) is 0.480. The van der Waals surface area contributed by atoms with Gasteiger partial charge in [0.05, 0.1) is 12.6 Å². The molecule has 1 atom stereocenters. The predicted octanol–water partition coefficient (Wildman–Crippen LogP) is 0.880. The molecule has 0 bridgehead atoms. The first kappa shape index (κ1) is 11.2. The number of nitrogens with zero attached hydrogens (tertiary/aromatic N) is 5. The Morgan fingerprint density at radius 2 is 1.94 bits per heavy atom. The number of hydrogen-bond donors (Lipinski definition) is 0. The first-order valence-corrected chi connectivity index (χ1v) is 6.56. The van der Waals surface area contributed by atoms with Gasteiger partial charge in [-0.1, -0.05) is 6.42 Å². The second-order valence-corrected chi connectivity index (χ2v) is 5.36. The molecule has 1 saturated heterocycles. The van der Waals surface area contributed by atoms with Gasteiger partial charge in [0.15, 0.2) is 0 Å². The fourth-order valence-electron chi connectivity index (χ4n) is 2.95. The van der Waals surface area contributed by atoms with Crippen LogP contribution in [0.4, 0.5) is 0 Å². The van der Waals surface area contributed by atoms with E-state index in [1.807, 2.05) is 0 Å². The van der Waals surface area contributed by atoms with E-state index in [1.165, 1.54) is 31.6 Å². The molecule has 2 aliphatic rings. The Labute approximate surface area is 102 Å². The van der Waals surface area contributed by atoms with Crippen LogP contribution in [0.15, 0.2) is 0 Å². The maximum absolute atomic E-state index is 4.45. The number of aromatic nitrogens is 3. The van der Waals surface area contributed by atoms with Gasteiger partial charge in [-0.15, -0.1) is 10.2 Å². The van der Waals surface area contributed by atoms with Gasteiger partial charge in [0.1, 0.15) is 11.6 Å². The Hall–Kier alpha value is -0.940. The highest BCUT2D eigenvalue weighted by Crippen LogP contribution is 2.29. The molecule has 3 rings (SSSR count). The van der Waals surface area contributed by atoms with Crippen molar-refractivity contribution in [2.45, 2.75) is 38.4 Å². The van der Waals surface area contributed by atoms with E-state index in [0.29, 0.717) is 6.04 Å². The highest BCUT2D eigenvalue weighted by molar-refractivity contribution is 5.04. The first-order chi connectivity index (χ1) is 8.25. The Morgan fingerprint density at radius 3 is 2.76 bits per heavy atom. The van der Waals surface area contributed by atoms with Crippen LogP contribution >= 0.6 is 0 Å². The minimum absolute atomic E-state index is 0.480. The molecule has 0 radical (unpaired) electrons. The Morgan fingerprint density at radius 1 is 1.06 bits per heavy atom. The molecule has 0 unspecified atom stereocenters. The fraction of sp³-hybridized carbons (Fsp3) is 0.833. The van der Waals surface area contributed by atoms with Crippen LogP contribution in [0.2, 0.25) is 0 Å². The highest BCUT2D eigenvalue weighted by Gasteiger charge is 2.28. The summed E-state index contributed by atoms with van der Waals surface area (Å²) >= 11 is 0. The fourth-order valence-corrected chi connectivity index (χ4v) is 2.95. The summed E-state index contributed by atoms with van der Waals surface area (Å²) in [5, 5.41) is 8.81. The minimum atomic E-state index is 0.480. The molecule has 0 amide bonds. The van der Waals surface area contributed by atoms with E-state index in [9.17, 15) is 0 Å². The number of likely N-dealkylation sites (tertiary alicyclic amines) is 1. The van der Waals surface area contributed by atoms with Crippen LogP contribution in [0.3, 0.4) is 0 Å². The summed E-state index contributed by atoms with van der Waals surface area (Å²) in [5.41, 5.74) is 0. The normalized spacial score (nSPS) is 27.1. The molecule has 5 nitrogen and oxygen atoms in total. The summed E-state index contributed by atoms with van der Waals surface area (Å²) in [5.74, 6) is 2.32. The van der Waals surface area contributed by atoms with Gasteiger partial charge < -0.3 is 4.57 Å². The van der Waals surface area contributed by atoms with E-state index in [-0.39, 0.29) is 0 Å². The zero-order valence-corrected chi connectivity index (χ0v) is 10.8. The molecule has 3 heterocycles. The Balaban J connectivity index is 1.88. The third-order valence-electron chi connectivity index (χ3n) is 4.04. The average molecular weight is 235 g/mol. The Kier molecular flexibility index (Phi) is 2.88. The molecule has 0 aliphatic carbocycles. The van der Waals surface area contributed by atoms with E-state index >= 15 is 0 Å². The molecular weight excluding hydrogens is 214 g/mol. The van der Waals surface area contributed by atoms with E-state index < -0.39 is 0 Å². The second kappa shape index (κ2) is 4.38. The number of likely N-dealkylation sites (N-methyl/N-ethyl adjacent to an activating group) is 1. The van der Waals surface area contributed by atoms with Gasteiger partial charge in [-0.05, 0) is 33.5 Å². The molecular formula is C12H21N5. The average Bonchev–Trinajstić information content (AvgIpc) is 2.72. The zero-order valence-electron chi connectivity index (χ0n) is 10.8. The van der Waals surface area contributed by atoms with Crippen molar-refractivity contribution in [3.05, 3.63) is 11.6 Å². The topological polar surface area (TPSA) is 37.2 Å². The first-order valence-electron chi connectivity index (χ1n) is 6.56. The molecule has 17 heavy (non-hydrogen) atoms. The zero-order chi connectivity index (χ0) is 11.8. The Bertz CT molecular complexity index is 400. The number of rotatable bonds is 1. The monoisotopic (exact) mass is 235 g/mol. The minimum Gasteiger partial charge on any atom is -0.311 e. The maximum atomic E-state index is 4.45. The van der Waals surface area contributed by atoms with Gasteiger partial charge >= 0.3 is 0 Å². The summed E-state index contributed by atoms with van der Waals surface area (Å²) in [4.78, 5) is 4.73. The largest absolute Gasteiger partial charge is 0.311 e. The van der Waals surface area contributed by atoms with Crippen LogP contribution in [0.1, 0.15) is 37.0 Å². The number of hydrogen-bond acceptors (Lipinski definition) is 4. The summed E-state index contributed by atoms with van der Waals surface area (Å²) in [6.07, 6.45) is 3.86. The molecule has 0 spiro atoms. The quantitative estimate of drug-likeness (QED) is 0.724. The van der Waals surface area contributed by atoms with Crippen molar-refractivity contribution < 1.29 is 0 Å². The van der Waals surface area contributed by atoms with Crippen molar-refractivity contribution >= 4 is 0 Å². The molecule has 5 heteroatoms. The highest BCUT2D eigenvalue weighted by atomic mass is 15.4. The summed E-state index contributed by atoms with van der Waals surface area (Å²) in [6.45, 7) is 4.27. The van der Waals surface area contributed by atoms with Gasteiger partial charge in [0.25, 0.3) is 0 Å². The van der Waals surface area contributed by atoms with Crippen LogP contribution in [-0.2, 0) is 13.1 Å². The van der Waals surface area contributed by atoms with Crippen molar-refractivity contribution in [3.63, 3.8) is 0 Å². The number of piperidine rings is 1. The maximum Gasteiger partial charge on any atom is 0.150 e. The lowest BCUT2D eigenvalue weighted by Crippen LogP contribution is -2.35. The van der Waals surface area contributed by atoms with Crippen LogP contribution in [0.5, 0.6) is 0 Å². The van der Waals surface area contributed by atoms with E-state index in [2.05, 4.69) is 38.7 Å².